The van der Waals surface area contributed by atoms with Crippen LogP contribution in [0, 0.1) is 6.92 Å². The van der Waals surface area contributed by atoms with Crippen molar-refractivity contribution in [1.82, 2.24) is 14.9 Å². The highest BCUT2D eigenvalue weighted by atomic mass is 16.2. The summed E-state index contributed by atoms with van der Waals surface area (Å²) in [5.74, 6) is 0. The van der Waals surface area contributed by atoms with Crippen LogP contribution < -0.4 is 11.1 Å². The molecular weight excluding hydrogens is 278 g/mol. The Bertz CT molecular complexity index is 785. The third-order valence-electron chi connectivity index (χ3n) is 4.85. The standard InChI is InChI=1S/C17H23N3O2/c1-11-8-9-14-15(19-17(22)16(21)18-14)13(11)10-20(2)12-6-4-3-5-7-12/h8-9,12H,3-7,10H2,1-2H3,(H,18,21)(H,19,22). The minimum Gasteiger partial charge on any atom is -0.316 e. The third-order valence-corrected chi connectivity index (χ3v) is 4.85. The number of nitrogens with one attached hydrogen (secondary N) is 2. The van der Waals surface area contributed by atoms with Gasteiger partial charge in [0.1, 0.15) is 0 Å². The lowest BCUT2D eigenvalue weighted by molar-refractivity contribution is 0.185. The number of fused-ring (bicyclic) bond motifs is 1. The molecule has 5 nitrogen and oxygen atoms in total. The van der Waals surface area contributed by atoms with Gasteiger partial charge in [0.05, 0.1) is 11.0 Å². The Balaban J connectivity index is 1.98. The van der Waals surface area contributed by atoms with Crippen molar-refractivity contribution >= 4 is 11.0 Å². The first-order valence-electron chi connectivity index (χ1n) is 8.01. The molecule has 118 valence electrons. The van der Waals surface area contributed by atoms with Gasteiger partial charge in [-0.1, -0.05) is 25.3 Å². The van der Waals surface area contributed by atoms with Crippen molar-refractivity contribution in [2.75, 3.05) is 7.05 Å². The molecule has 1 fully saturated rings. The Morgan fingerprint density at radius 1 is 1.09 bits per heavy atom. The van der Waals surface area contributed by atoms with Crippen LogP contribution >= 0.6 is 0 Å². The van der Waals surface area contributed by atoms with Gasteiger partial charge in [-0.2, -0.15) is 0 Å². The fourth-order valence-electron chi connectivity index (χ4n) is 3.45. The summed E-state index contributed by atoms with van der Waals surface area (Å²) in [6.07, 6.45) is 6.43. The van der Waals surface area contributed by atoms with E-state index in [2.05, 4.69) is 21.9 Å². The lowest BCUT2D eigenvalue weighted by Crippen LogP contribution is -2.34. The van der Waals surface area contributed by atoms with Crippen molar-refractivity contribution in [1.29, 1.82) is 0 Å². The summed E-state index contributed by atoms with van der Waals surface area (Å²) < 4.78 is 0. The maximum absolute atomic E-state index is 11.7. The number of aromatic amines is 2. The van der Waals surface area contributed by atoms with Crippen molar-refractivity contribution in [2.45, 2.75) is 51.6 Å². The van der Waals surface area contributed by atoms with Gasteiger partial charge in [-0.15, -0.1) is 0 Å². The molecule has 1 aromatic carbocycles. The van der Waals surface area contributed by atoms with Crippen molar-refractivity contribution in [3.05, 3.63) is 44.0 Å². The van der Waals surface area contributed by atoms with Crippen LogP contribution in [0.15, 0.2) is 21.7 Å². The van der Waals surface area contributed by atoms with Gasteiger partial charge in [-0.3, -0.25) is 14.5 Å². The van der Waals surface area contributed by atoms with Gasteiger partial charge in [-0.25, -0.2) is 0 Å². The SMILES string of the molecule is Cc1ccc2[nH]c(=O)c(=O)[nH]c2c1CN(C)C1CCCCC1. The van der Waals surface area contributed by atoms with E-state index in [1.165, 1.54) is 32.1 Å². The highest BCUT2D eigenvalue weighted by Crippen LogP contribution is 2.25. The topological polar surface area (TPSA) is 69.0 Å². The van der Waals surface area contributed by atoms with Gasteiger partial charge >= 0.3 is 11.1 Å². The normalized spacial score (nSPS) is 16.5. The molecular formula is C17H23N3O2. The molecule has 0 unspecified atom stereocenters. The first-order valence-corrected chi connectivity index (χ1v) is 8.01. The first kappa shape index (κ1) is 15.0. The van der Waals surface area contributed by atoms with E-state index >= 15 is 0 Å². The minimum atomic E-state index is -0.595. The fourth-order valence-corrected chi connectivity index (χ4v) is 3.45. The van der Waals surface area contributed by atoms with Gasteiger partial charge < -0.3 is 9.97 Å². The summed E-state index contributed by atoms with van der Waals surface area (Å²) in [6.45, 7) is 2.84. The van der Waals surface area contributed by atoms with Gasteiger partial charge in [-0.05, 0) is 44.0 Å². The number of hydrogen-bond donors (Lipinski definition) is 2. The van der Waals surface area contributed by atoms with Crippen molar-refractivity contribution < 1.29 is 0 Å². The summed E-state index contributed by atoms with van der Waals surface area (Å²) in [5.41, 5.74) is 2.51. The molecule has 2 aromatic rings. The van der Waals surface area contributed by atoms with Gasteiger partial charge in [0.25, 0.3) is 0 Å². The van der Waals surface area contributed by atoms with E-state index in [0.29, 0.717) is 11.6 Å². The number of aromatic nitrogens is 2. The Hall–Kier alpha value is -1.88. The monoisotopic (exact) mass is 301 g/mol. The molecule has 1 heterocycles. The summed E-state index contributed by atoms with van der Waals surface area (Å²) >= 11 is 0. The molecule has 5 heteroatoms. The number of H-pyrrole nitrogens is 2. The second-order valence-electron chi connectivity index (χ2n) is 6.40. The minimum absolute atomic E-state index is 0.584. The summed E-state index contributed by atoms with van der Waals surface area (Å²) in [6, 6.07) is 4.46. The van der Waals surface area contributed by atoms with Gasteiger partial charge in [0, 0.05) is 12.6 Å². The molecule has 3 rings (SSSR count). The highest BCUT2D eigenvalue weighted by Gasteiger charge is 2.19. The van der Waals surface area contributed by atoms with Crippen molar-refractivity contribution in [2.24, 2.45) is 0 Å². The van der Waals surface area contributed by atoms with Crippen LogP contribution in [0.5, 0.6) is 0 Å². The number of nitrogens with zero attached hydrogens (tertiary/aromatic N) is 1. The predicted molar refractivity (Wildman–Crippen MR) is 88.3 cm³/mol. The largest absolute Gasteiger partial charge is 0.316 e. The lowest BCUT2D eigenvalue weighted by atomic mass is 9.94. The number of aryl methyl sites for hydroxylation is 1. The van der Waals surface area contributed by atoms with Crippen LogP contribution in [0.25, 0.3) is 11.0 Å². The van der Waals surface area contributed by atoms with E-state index in [1.54, 1.807) is 0 Å². The van der Waals surface area contributed by atoms with Crippen LogP contribution in [0.3, 0.4) is 0 Å². The molecule has 22 heavy (non-hydrogen) atoms. The van der Waals surface area contributed by atoms with Gasteiger partial charge in [0.2, 0.25) is 0 Å². The Morgan fingerprint density at radius 2 is 1.77 bits per heavy atom. The molecule has 2 N–H and O–H groups in total. The third kappa shape index (κ3) is 2.86. The second-order valence-corrected chi connectivity index (χ2v) is 6.40. The van der Waals surface area contributed by atoms with E-state index in [0.717, 1.165) is 23.2 Å². The van der Waals surface area contributed by atoms with E-state index in [-0.39, 0.29) is 0 Å². The molecule has 1 aliphatic carbocycles. The first-order chi connectivity index (χ1) is 10.6. The van der Waals surface area contributed by atoms with Crippen LogP contribution in [-0.4, -0.2) is 28.0 Å². The summed E-state index contributed by atoms with van der Waals surface area (Å²) in [4.78, 5) is 30.9. The maximum atomic E-state index is 11.7. The van der Waals surface area contributed by atoms with E-state index in [4.69, 9.17) is 0 Å². The molecule has 0 atom stereocenters. The van der Waals surface area contributed by atoms with Gasteiger partial charge in [0.15, 0.2) is 0 Å². The van der Waals surface area contributed by atoms with E-state index < -0.39 is 11.1 Å². The Labute approximate surface area is 129 Å². The molecule has 1 aromatic heterocycles. The average molecular weight is 301 g/mol. The zero-order chi connectivity index (χ0) is 15.7. The quantitative estimate of drug-likeness (QED) is 0.855. The zero-order valence-electron chi connectivity index (χ0n) is 13.2. The smallest absolute Gasteiger partial charge is 0.314 e. The molecule has 0 bridgehead atoms. The molecule has 1 aliphatic rings. The second kappa shape index (κ2) is 6.08. The van der Waals surface area contributed by atoms with Crippen LogP contribution in [0.4, 0.5) is 0 Å². The molecule has 0 spiro atoms. The van der Waals surface area contributed by atoms with Crippen LogP contribution in [0.2, 0.25) is 0 Å². The van der Waals surface area contributed by atoms with Crippen molar-refractivity contribution in [3.63, 3.8) is 0 Å². The number of hydrogen-bond acceptors (Lipinski definition) is 3. The average Bonchev–Trinajstić information content (AvgIpc) is 2.53. The summed E-state index contributed by atoms with van der Waals surface area (Å²) in [7, 11) is 2.15. The fraction of sp³-hybridized carbons (Fsp3) is 0.529. The molecule has 0 aliphatic heterocycles. The van der Waals surface area contributed by atoms with Crippen LogP contribution in [0.1, 0.15) is 43.2 Å². The zero-order valence-corrected chi connectivity index (χ0v) is 13.2. The van der Waals surface area contributed by atoms with E-state index in [9.17, 15) is 9.59 Å². The molecule has 0 amide bonds. The highest BCUT2D eigenvalue weighted by molar-refractivity contribution is 5.78. The number of rotatable bonds is 3. The molecule has 0 saturated heterocycles. The maximum Gasteiger partial charge on any atom is 0.314 e. The van der Waals surface area contributed by atoms with Crippen LogP contribution in [-0.2, 0) is 6.54 Å². The predicted octanol–water partition coefficient (Wildman–Crippen LogP) is 2.29. The molecule has 1 saturated carbocycles. The summed E-state index contributed by atoms with van der Waals surface area (Å²) in [5, 5.41) is 0. The van der Waals surface area contributed by atoms with Crippen molar-refractivity contribution in [3.8, 4) is 0 Å². The van der Waals surface area contributed by atoms with E-state index in [1.807, 2.05) is 19.1 Å². The Kier molecular flexibility index (Phi) is 4.16. The lowest BCUT2D eigenvalue weighted by Gasteiger charge is -2.31. The molecule has 0 radical (unpaired) electrons. The Morgan fingerprint density at radius 3 is 2.50 bits per heavy atom. The number of benzene rings is 1.